The SMILES string of the molecule is CC1CNC(=O)C(CCN)N(Cc2ccncc2)C1. The predicted octanol–water partition coefficient (Wildman–Crippen LogP) is 0.367. The number of amides is 1. The van der Waals surface area contributed by atoms with Crippen molar-refractivity contribution < 1.29 is 4.79 Å². The number of hydrogen-bond acceptors (Lipinski definition) is 4. The van der Waals surface area contributed by atoms with Crippen LogP contribution in [0.25, 0.3) is 0 Å². The molecule has 2 atom stereocenters. The highest BCUT2D eigenvalue weighted by Gasteiger charge is 2.29. The molecular formula is C14H22N4O. The van der Waals surface area contributed by atoms with E-state index in [9.17, 15) is 4.79 Å². The van der Waals surface area contributed by atoms with E-state index in [1.165, 1.54) is 5.56 Å². The van der Waals surface area contributed by atoms with Gasteiger partial charge in [0.25, 0.3) is 0 Å². The fourth-order valence-corrected chi connectivity index (χ4v) is 2.52. The van der Waals surface area contributed by atoms with Gasteiger partial charge in [0, 0.05) is 32.0 Å². The minimum atomic E-state index is -0.122. The quantitative estimate of drug-likeness (QED) is 0.822. The van der Waals surface area contributed by atoms with Crippen molar-refractivity contribution in [1.29, 1.82) is 0 Å². The van der Waals surface area contributed by atoms with Crippen LogP contribution >= 0.6 is 0 Å². The van der Waals surface area contributed by atoms with E-state index in [0.717, 1.165) is 19.6 Å². The highest BCUT2D eigenvalue weighted by molar-refractivity contribution is 5.82. The van der Waals surface area contributed by atoms with Gasteiger partial charge >= 0.3 is 0 Å². The third kappa shape index (κ3) is 3.75. The first-order chi connectivity index (χ1) is 9.20. The topological polar surface area (TPSA) is 71.2 Å². The Hall–Kier alpha value is -1.46. The number of rotatable bonds is 4. The molecule has 1 aromatic heterocycles. The van der Waals surface area contributed by atoms with E-state index in [-0.39, 0.29) is 11.9 Å². The van der Waals surface area contributed by atoms with Crippen LogP contribution in [0.4, 0.5) is 0 Å². The lowest BCUT2D eigenvalue weighted by Crippen LogP contribution is -2.45. The maximum Gasteiger partial charge on any atom is 0.237 e. The summed E-state index contributed by atoms with van der Waals surface area (Å²) in [5.74, 6) is 0.553. The van der Waals surface area contributed by atoms with Crippen LogP contribution in [-0.2, 0) is 11.3 Å². The summed E-state index contributed by atoms with van der Waals surface area (Å²) in [6, 6.07) is 3.86. The first-order valence-corrected chi connectivity index (χ1v) is 6.81. The van der Waals surface area contributed by atoms with Crippen LogP contribution in [0.3, 0.4) is 0 Å². The van der Waals surface area contributed by atoms with Gasteiger partial charge in [-0.2, -0.15) is 0 Å². The molecule has 0 saturated carbocycles. The van der Waals surface area contributed by atoms with E-state index in [1.807, 2.05) is 12.1 Å². The molecule has 5 nitrogen and oxygen atoms in total. The Kier molecular flexibility index (Phi) is 4.87. The van der Waals surface area contributed by atoms with Crippen LogP contribution in [0.1, 0.15) is 18.9 Å². The van der Waals surface area contributed by atoms with Gasteiger partial charge in [0.15, 0.2) is 0 Å². The molecule has 0 aromatic carbocycles. The van der Waals surface area contributed by atoms with Crippen molar-refractivity contribution in [3.05, 3.63) is 30.1 Å². The van der Waals surface area contributed by atoms with Gasteiger partial charge in [-0.25, -0.2) is 0 Å². The number of carbonyl (C=O) groups excluding carboxylic acids is 1. The highest BCUT2D eigenvalue weighted by Crippen LogP contribution is 2.15. The Morgan fingerprint density at radius 2 is 2.21 bits per heavy atom. The van der Waals surface area contributed by atoms with Crippen LogP contribution in [0.15, 0.2) is 24.5 Å². The normalized spacial score (nSPS) is 24.8. The summed E-state index contributed by atoms with van der Waals surface area (Å²) < 4.78 is 0. The van der Waals surface area contributed by atoms with Gasteiger partial charge in [0.1, 0.15) is 0 Å². The Morgan fingerprint density at radius 3 is 2.89 bits per heavy atom. The Bertz CT molecular complexity index is 409. The van der Waals surface area contributed by atoms with Crippen molar-refractivity contribution in [3.8, 4) is 0 Å². The predicted molar refractivity (Wildman–Crippen MR) is 74.3 cm³/mol. The van der Waals surface area contributed by atoms with Crippen LogP contribution in [0.2, 0.25) is 0 Å². The fourth-order valence-electron chi connectivity index (χ4n) is 2.52. The minimum Gasteiger partial charge on any atom is -0.354 e. The number of aromatic nitrogens is 1. The second-order valence-electron chi connectivity index (χ2n) is 5.23. The molecule has 1 aromatic rings. The second kappa shape index (κ2) is 6.63. The van der Waals surface area contributed by atoms with Crippen molar-refractivity contribution in [2.24, 2.45) is 11.7 Å². The van der Waals surface area contributed by atoms with Crippen molar-refractivity contribution in [2.75, 3.05) is 19.6 Å². The molecule has 2 heterocycles. The van der Waals surface area contributed by atoms with E-state index in [2.05, 4.69) is 22.1 Å². The number of nitrogens with zero attached hydrogens (tertiary/aromatic N) is 2. The lowest BCUT2D eigenvalue weighted by molar-refractivity contribution is -0.125. The molecule has 3 N–H and O–H groups in total. The van der Waals surface area contributed by atoms with E-state index < -0.39 is 0 Å². The molecular weight excluding hydrogens is 240 g/mol. The molecule has 1 aliphatic heterocycles. The van der Waals surface area contributed by atoms with Crippen molar-refractivity contribution in [3.63, 3.8) is 0 Å². The van der Waals surface area contributed by atoms with Crippen LogP contribution < -0.4 is 11.1 Å². The third-order valence-electron chi connectivity index (χ3n) is 3.49. The average Bonchev–Trinajstić information content (AvgIpc) is 2.54. The molecule has 5 heteroatoms. The highest BCUT2D eigenvalue weighted by atomic mass is 16.2. The lowest BCUT2D eigenvalue weighted by Gasteiger charge is -2.29. The second-order valence-corrected chi connectivity index (χ2v) is 5.23. The molecule has 0 radical (unpaired) electrons. The lowest BCUT2D eigenvalue weighted by atomic mass is 10.1. The maximum absolute atomic E-state index is 12.1. The van der Waals surface area contributed by atoms with Gasteiger partial charge in [0.05, 0.1) is 6.04 Å². The molecule has 1 aliphatic rings. The zero-order chi connectivity index (χ0) is 13.7. The average molecular weight is 262 g/mol. The summed E-state index contributed by atoms with van der Waals surface area (Å²) in [7, 11) is 0. The summed E-state index contributed by atoms with van der Waals surface area (Å²) >= 11 is 0. The third-order valence-corrected chi connectivity index (χ3v) is 3.49. The molecule has 104 valence electrons. The molecule has 0 aliphatic carbocycles. The summed E-state index contributed by atoms with van der Waals surface area (Å²) in [6.45, 7) is 5.10. The van der Waals surface area contributed by atoms with Crippen LogP contribution in [0.5, 0.6) is 0 Å². The monoisotopic (exact) mass is 262 g/mol. The number of hydrogen-bond donors (Lipinski definition) is 2. The van der Waals surface area contributed by atoms with Crippen molar-refractivity contribution in [2.45, 2.75) is 25.9 Å². The minimum absolute atomic E-state index is 0.101. The first-order valence-electron chi connectivity index (χ1n) is 6.81. The largest absolute Gasteiger partial charge is 0.354 e. The molecule has 2 unspecified atom stereocenters. The molecule has 0 spiro atoms. The summed E-state index contributed by atoms with van der Waals surface area (Å²) in [5, 5.41) is 3.00. The Balaban J connectivity index is 2.14. The van der Waals surface area contributed by atoms with Crippen LogP contribution in [-0.4, -0.2) is 41.5 Å². The first kappa shape index (κ1) is 14.0. The summed E-state index contributed by atoms with van der Waals surface area (Å²) in [6.07, 6.45) is 4.27. The zero-order valence-corrected chi connectivity index (χ0v) is 11.4. The zero-order valence-electron chi connectivity index (χ0n) is 11.4. The number of pyridine rings is 1. The molecule has 1 saturated heterocycles. The van der Waals surface area contributed by atoms with Gasteiger partial charge in [0.2, 0.25) is 5.91 Å². The number of nitrogens with one attached hydrogen (secondary N) is 1. The van der Waals surface area contributed by atoms with Gasteiger partial charge in [-0.1, -0.05) is 6.92 Å². The van der Waals surface area contributed by atoms with E-state index >= 15 is 0 Å². The summed E-state index contributed by atoms with van der Waals surface area (Å²) in [5.41, 5.74) is 6.83. The fraction of sp³-hybridized carbons (Fsp3) is 0.571. The van der Waals surface area contributed by atoms with Crippen LogP contribution in [0, 0.1) is 5.92 Å². The Labute approximate surface area is 114 Å². The molecule has 0 bridgehead atoms. The van der Waals surface area contributed by atoms with Gasteiger partial charge < -0.3 is 11.1 Å². The number of nitrogens with two attached hydrogens (primary N) is 1. The maximum atomic E-state index is 12.1. The van der Waals surface area contributed by atoms with Crippen molar-refractivity contribution >= 4 is 5.91 Å². The molecule has 2 rings (SSSR count). The Morgan fingerprint density at radius 1 is 1.47 bits per heavy atom. The number of carbonyl (C=O) groups is 1. The van der Waals surface area contributed by atoms with Gasteiger partial charge in [-0.05, 0) is 36.6 Å². The van der Waals surface area contributed by atoms with Gasteiger partial charge in [-0.3, -0.25) is 14.7 Å². The van der Waals surface area contributed by atoms with Crippen molar-refractivity contribution in [1.82, 2.24) is 15.2 Å². The smallest absolute Gasteiger partial charge is 0.237 e. The van der Waals surface area contributed by atoms with E-state index in [0.29, 0.717) is 18.9 Å². The van der Waals surface area contributed by atoms with E-state index in [4.69, 9.17) is 5.73 Å². The molecule has 1 fully saturated rings. The standard InChI is InChI=1S/C14H22N4O/c1-11-8-17-14(19)13(2-5-15)18(9-11)10-12-3-6-16-7-4-12/h3-4,6-7,11,13H,2,5,8-10,15H2,1H3,(H,17,19). The summed E-state index contributed by atoms with van der Waals surface area (Å²) in [4.78, 5) is 18.4. The van der Waals surface area contributed by atoms with E-state index in [1.54, 1.807) is 12.4 Å². The van der Waals surface area contributed by atoms with Gasteiger partial charge in [-0.15, -0.1) is 0 Å². The molecule has 1 amide bonds. The molecule has 19 heavy (non-hydrogen) atoms.